The Morgan fingerprint density at radius 3 is 2.56 bits per heavy atom. The summed E-state index contributed by atoms with van der Waals surface area (Å²) in [6, 6.07) is 16.6. The molecule has 0 spiro atoms. The van der Waals surface area contributed by atoms with Crippen molar-refractivity contribution in [1.29, 1.82) is 0 Å². The van der Waals surface area contributed by atoms with Crippen LogP contribution in [-0.4, -0.2) is 41.1 Å². The van der Waals surface area contributed by atoms with Gasteiger partial charge in [-0.15, -0.1) is 0 Å². The summed E-state index contributed by atoms with van der Waals surface area (Å²) >= 11 is 0. The molecule has 2 aromatic carbocycles. The van der Waals surface area contributed by atoms with Gasteiger partial charge in [-0.05, 0) is 42.7 Å². The quantitative estimate of drug-likeness (QED) is 0.508. The third-order valence-corrected chi connectivity index (χ3v) is 5.24. The Balaban J connectivity index is 1.33. The highest BCUT2D eigenvalue weighted by molar-refractivity contribution is 5.88. The first-order valence-electron chi connectivity index (χ1n) is 10.7. The molecule has 1 fully saturated rings. The zero-order chi connectivity index (χ0) is 22.3. The average molecular weight is 434 g/mol. The third kappa shape index (κ3) is 5.94. The zero-order valence-corrected chi connectivity index (χ0v) is 17.9. The van der Waals surface area contributed by atoms with Gasteiger partial charge in [0.25, 0.3) is 0 Å². The second-order valence-corrected chi connectivity index (χ2v) is 7.83. The summed E-state index contributed by atoms with van der Waals surface area (Å²) in [5.74, 6) is 1.18. The number of aromatic nitrogens is 2. The number of carbonyl (C=O) groups is 2. The predicted molar refractivity (Wildman–Crippen MR) is 118 cm³/mol. The van der Waals surface area contributed by atoms with Gasteiger partial charge in [0, 0.05) is 30.9 Å². The van der Waals surface area contributed by atoms with Gasteiger partial charge in [0.2, 0.25) is 23.5 Å². The monoisotopic (exact) mass is 434 g/mol. The number of methoxy groups -OCH3 is 1. The molecule has 1 heterocycles. The van der Waals surface area contributed by atoms with E-state index in [9.17, 15) is 9.59 Å². The molecule has 4 rings (SSSR count). The Hall–Kier alpha value is -3.68. The lowest BCUT2D eigenvalue weighted by Crippen LogP contribution is -2.48. The summed E-state index contributed by atoms with van der Waals surface area (Å²) < 4.78 is 10.4. The Morgan fingerprint density at radius 1 is 1.12 bits per heavy atom. The fraction of sp³-hybridized carbons (Fsp3) is 0.333. The average Bonchev–Trinajstić information content (AvgIpc) is 3.51. The van der Waals surface area contributed by atoms with E-state index in [4.69, 9.17) is 9.26 Å². The summed E-state index contributed by atoms with van der Waals surface area (Å²) in [6.45, 7) is 0. The number of rotatable bonds is 10. The number of nitrogens with one attached hydrogen (secondary N) is 2. The van der Waals surface area contributed by atoms with E-state index in [1.807, 2.05) is 54.6 Å². The van der Waals surface area contributed by atoms with Crippen LogP contribution in [0.4, 0.5) is 0 Å². The molecule has 3 aromatic rings. The maximum atomic E-state index is 12.6. The van der Waals surface area contributed by atoms with Gasteiger partial charge in [-0.25, -0.2) is 0 Å². The van der Waals surface area contributed by atoms with E-state index in [2.05, 4.69) is 20.8 Å². The van der Waals surface area contributed by atoms with Gasteiger partial charge in [-0.3, -0.25) is 9.59 Å². The normalized spacial score (nSPS) is 13.9. The van der Waals surface area contributed by atoms with Crippen molar-refractivity contribution in [2.75, 3.05) is 7.11 Å². The highest BCUT2D eigenvalue weighted by Crippen LogP contribution is 2.20. The van der Waals surface area contributed by atoms with Crippen molar-refractivity contribution < 1.29 is 18.8 Å². The van der Waals surface area contributed by atoms with E-state index < -0.39 is 6.04 Å². The minimum Gasteiger partial charge on any atom is -0.497 e. The molecule has 32 heavy (non-hydrogen) atoms. The minimum absolute atomic E-state index is 0.145. The van der Waals surface area contributed by atoms with E-state index in [0.29, 0.717) is 18.1 Å². The molecule has 0 aliphatic heterocycles. The van der Waals surface area contributed by atoms with Crippen LogP contribution in [0.1, 0.15) is 30.7 Å². The summed E-state index contributed by atoms with van der Waals surface area (Å²) in [6.07, 6.45) is 2.85. The van der Waals surface area contributed by atoms with Gasteiger partial charge in [0.05, 0.1) is 7.11 Å². The first-order valence-corrected chi connectivity index (χ1v) is 10.7. The van der Waals surface area contributed by atoms with E-state index in [-0.39, 0.29) is 30.7 Å². The molecule has 8 heteroatoms. The van der Waals surface area contributed by atoms with Crippen LogP contribution in [0.25, 0.3) is 11.4 Å². The Morgan fingerprint density at radius 2 is 1.88 bits per heavy atom. The highest BCUT2D eigenvalue weighted by Gasteiger charge is 2.28. The molecule has 1 atom stereocenters. The molecule has 1 aliphatic carbocycles. The van der Waals surface area contributed by atoms with Gasteiger partial charge in [-0.1, -0.05) is 35.5 Å². The molecule has 0 saturated heterocycles. The van der Waals surface area contributed by atoms with Crippen LogP contribution in [0.3, 0.4) is 0 Å². The van der Waals surface area contributed by atoms with Crippen LogP contribution in [0.5, 0.6) is 5.75 Å². The third-order valence-electron chi connectivity index (χ3n) is 5.24. The van der Waals surface area contributed by atoms with E-state index in [0.717, 1.165) is 29.7 Å². The molecule has 0 radical (unpaired) electrons. The maximum Gasteiger partial charge on any atom is 0.243 e. The number of hydrogen-bond acceptors (Lipinski definition) is 6. The van der Waals surface area contributed by atoms with E-state index >= 15 is 0 Å². The van der Waals surface area contributed by atoms with Crippen molar-refractivity contribution in [3.8, 4) is 17.1 Å². The van der Waals surface area contributed by atoms with Crippen molar-refractivity contribution >= 4 is 11.8 Å². The molecular formula is C24H26N4O4. The lowest BCUT2D eigenvalue weighted by atomic mass is 10.0. The Labute approximate surface area is 186 Å². The van der Waals surface area contributed by atoms with Crippen molar-refractivity contribution in [1.82, 2.24) is 20.8 Å². The molecule has 1 aromatic heterocycles. The summed E-state index contributed by atoms with van der Waals surface area (Å²) in [5.41, 5.74) is 1.79. The molecule has 0 bridgehead atoms. The molecule has 166 valence electrons. The van der Waals surface area contributed by atoms with Crippen LogP contribution < -0.4 is 15.4 Å². The van der Waals surface area contributed by atoms with Crippen LogP contribution >= 0.6 is 0 Å². The predicted octanol–water partition coefficient (Wildman–Crippen LogP) is 2.68. The molecule has 1 aliphatic rings. The molecule has 1 unspecified atom stereocenters. The molecule has 2 amide bonds. The van der Waals surface area contributed by atoms with Crippen LogP contribution in [0.2, 0.25) is 0 Å². The van der Waals surface area contributed by atoms with Crippen molar-refractivity contribution in [3.05, 3.63) is 66.1 Å². The number of ether oxygens (including phenoxy) is 1. The SMILES string of the molecule is COc1ccc(-c2noc(CCC(=O)NC(Cc3ccccc3)C(=O)NC3CC3)n2)cc1. The number of carbonyl (C=O) groups excluding carboxylic acids is 2. The zero-order valence-electron chi connectivity index (χ0n) is 17.9. The largest absolute Gasteiger partial charge is 0.497 e. The number of nitrogens with zero attached hydrogens (tertiary/aromatic N) is 2. The molecule has 1 saturated carbocycles. The number of benzene rings is 2. The number of hydrogen-bond donors (Lipinski definition) is 2. The molecule has 8 nitrogen and oxygen atoms in total. The number of aryl methyl sites for hydroxylation is 1. The first kappa shape index (κ1) is 21.5. The van der Waals surface area contributed by atoms with Gasteiger partial charge in [0.1, 0.15) is 11.8 Å². The second-order valence-electron chi connectivity index (χ2n) is 7.83. The van der Waals surface area contributed by atoms with Crippen molar-refractivity contribution in [2.24, 2.45) is 0 Å². The minimum atomic E-state index is -0.622. The summed E-state index contributed by atoms with van der Waals surface area (Å²) in [5, 5.41) is 9.83. The Kier molecular flexibility index (Phi) is 6.79. The van der Waals surface area contributed by atoms with E-state index in [1.54, 1.807) is 7.11 Å². The van der Waals surface area contributed by atoms with Gasteiger partial charge in [0.15, 0.2) is 0 Å². The Bertz CT molecular complexity index is 1050. The fourth-order valence-electron chi connectivity index (χ4n) is 3.29. The molecule has 2 N–H and O–H groups in total. The summed E-state index contributed by atoms with van der Waals surface area (Å²) in [7, 11) is 1.60. The standard InChI is InChI=1S/C24H26N4O4/c1-31-19-11-7-17(8-12-19)23-27-22(32-28-23)14-13-21(29)26-20(24(30)25-18-9-10-18)15-16-5-3-2-4-6-16/h2-8,11-12,18,20H,9-10,13-15H2,1H3,(H,25,30)(H,26,29). The number of amides is 2. The van der Waals surface area contributed by atoms with Gasteiger partial charge < -0.3 is 19.9 Å². The van der Waals surface area contributed by atoms with Crippen molar-refractivity contribution in [2.45, 2.75) is 44.2 Å². The topological polar surface area (TPSA) is 106 Å². The summed E-state index contributed by atoms with van der Waals surface area (Å²) in [4.78, 5) is 29.6. The second kappa shape index (κ2) is 10.1. The van der Waals surface area contributed by atoms with Crippen LogP contribution in [-0.2, 0) is 22.4 Å². The fourth-order valence-corrected chi connectivity index (χ4v) is 3.29. The lowest BCUT2D eigenvalue weighted by molar-refractivity contribution is -0.129. The van der Waals surface area contributed by atoms with Crippen LogP contribution in [0.15, 0.2) is 59.1 Å². The first-order chi connectivity index (χ1) is 15.6. The molecular weight excluding hydrogens is 408 g/mol. The van der Waals surface area contributed by atoms with Crippen molar-refractivity contribution in [3.63, 3.8) is 0 Å². The van der Waals surface area contributed by atoms with Crippen LogP contribution in [0, 0.1) is 0 Å². The smallest absolute Gasteiger partial charge is 0.243 e. The maximum absolute atomic E-state index is 12.6. The van der Waals surface area contributed by atoms with E-state index in [1.165, 1.54) is 0 Å². The van der Waals surface area contributed by atoms with Gasteiger partial charge >= 0.3 is 0 Å². The highest BCUT2D eigenvalue weighted by atomic mass is 16.5. The van der Waals surface area contributed by atoms with Gasteiger partial charge in [-0.2, -0.15) is 4.98 Å². The lowest BCUT2D eigenvalue weighted by Gasteiger charge is -2.18.